The van der Waals surface area contributed by atoms with Crippen molar-refractivity contribution in [3.63, 3.8) is 0 Å². The maximum Gasteiger partial charge on any atom is 0.340 e. The monoisotopic (exact) mass is 356 g/mol. The summed E-state index contributed by atoms with van der Waals surface area (Å²) < 4.78 is 19.5. The summed E-state index contributed by atoms with van der Waals surface area (Å²) in [4.78, 5) is 34.9. The summed E-state index contributed by atoms with van der Waals surface area (Å²) in [6.45, 7) is 3.63. The zero-order chi connectivity index (χ0) is 18.7. The fraction of sp³-hybridized carbons (Fsp3) is 0.222. The molecule has 3 aromatic rings. The highest BCUT2D eigenvalue weighted by Crippen LogP contribution is 2.32. The second-order valence-corrected chi connectivity index (χ2v) is 5.47. The van der Waals surface area contributed by atoms with Crippen LogP contribution in [0.2, 0.25) is 0 Å². The van der Waals surface area contributed by atoms with Crippen LogP contribution in [0.15, 0.2) is 30.7 Å². The molecule has 26 heavy (non-hydrogen) atoms. The van der Waals surface area contributed by atoms with Crippen LogP contribution in [0.1, 0.15) is 30.6 Å². The predicted molar refractivity (Wildman–Crippen MR) is 94.2 cm³/mol. The SMILES string of the molecule is CCOC(=O)c1c[nH]c2ncnc(-c3cc(NC(=O)CC)ccc3F)c12. The van der Waals surface area contributed by atoms with Crippen molar-refractivity contribution in [2.45, 2.75) is 20.3 Å². The van der Waals surface area contributed by atoms with Gasteiger partial charge in [-0.1, -0.05) is 6.92 Å². The second kappa shape index (κ2) is 7.30. The number of fused-ring (bicyclic) bond motifs is 1. The Labute approximate surface area is 148 Å². The lowest BCUT2D eigenvalue weighted by Gasteiger charge is -2.09. The van der Waals surface area contributed by atoms with Gasteiger partial charge in [0, 0.05) is 23.9 Å². The topological polar surface area (TPSA) is 97.0 Å². The molecule has 2 aromatic heterocycles. The minimum atomic E-state index is -0.550. The first-order valence-electron chi connectivity index (χ1n) is 8.14. The van der Waals surface area contributed by atoms with Crippen molar-refractivity contribution in [3.8, 4) is 11.3 Å². The summed E-state index contributed by atoms with van der Waals surface area (Å²) in [6, 6.07) is 4.19. The summed E-state index contributed by atoms with van der Waals surface area (Å²) in [5.74, 6) is -1.27. The number of nitrogens with one attached hydrogen (secondary N) is 2. The van der Waals surface area contributed by atoms with E-state index in [1.807, 2.05) is 0 Å². The maximum absolute atomic E-state index is 14.5. The molecule has 2 N–H and O–H groups in total. The quantitative estimate of drug-likeness (QED) is 0.684. The van der Waals surface area contributed by atoms with Gasteiger partial charge in [0.2, 0.25) is 5.91 Å². The van der Waals surface area contributed by atoms with E-state index in [1.165, 1.54) is 30.7 Å². The molecule has 0 spiro atoms. The molecule has 8 heteroatoms. The number of amides is 1. The Morgan fingerprint density at radius 2 is 2.08 bits per heavy atom. The first-order chi connectivity index (χ1) is 12.5. The Morgan fingerprint density at radius 3 is 2.81 bits per heavy atom. The van der Waals surface area contributed by atoms with Crippen molar-refractivity contribution < 1.29 is 18.7 Å². The first-order valence-corrected chi connectivity index (χ1v) is 8.14. The molecular formula is C18H17FN4O3. The lowest BCUT2D eigenvalue weighted by atomic mass is 10.0. The molecule has 0 saturated carbocycles. The number of hydrogen-bond acceptors (Lipinski definition) is 5. The number of benzene rings is 1. The van der Waals surface area contributed by atoms with Crippen molar-refractivity contribution >= 4 is 28.6 Å². The van der Waals surface area contributed by atoms with Gasteiger partial charge in [-0.05, 0) is 25.1 Å². The highest BCUT2D eigenvalue weighted by atomic mass is 19.1. The van der Waals surface area contributed by atoms with Gasteiger partial charge in [0.25, 0.3) is 0 Å². The summed E-state index contributed by atoms with van der Waals surface area (Å²) in [7, 11) is 0. The fourth-order valence-electron chi connectivity index (χ4n) is 2.57. The summed E-state index contributed by atoms with van der Waals surface area (Å²) in [6.07, 6.45) is 3.04. The van der Waals surface area contributed by atoms with Crippen LogP contribution in [-0.4, -0.2) is 33.4 Å². The maximum atomic E-state index is 14.5. The minimum absolute atomic E-state index is 0.149. The minimum Gasteiger partial charge on any atom is -0.462 e. The van der Waals surface area contributed by atoms with Gasteiger partial charge in [-0.3, -0.25) is 4.79 Å². The van der Waals surface area contributed by atoms with Crippen LogP contribution in [0.5, 0.6) is 0 Å². The number of H-pyrrole nitrogens is 1. The van der Waals surface area contributed by atoms with E-state index in [4.69, 9.17) is 4.74 Å². The van der Waals surface area contributed by atoms with E-state index < -0.39 is 11.8 Å². The molecule has 134 valence electrons. The number of aromatic amines is 1. The molecule has 0 fully saturated rings. The number of esters is 1. The van der Waals surface area contributed by atoms with Crippen LogP contribution < -0.4 is 5.32 Å². The molecule has 3 rings (SSSR count). The molecule has 0 radical (unpaired) electrons. The lowest BCUT2D eigenvalue weighted by molar-refractivity contribution is -0.115. The van der Waals surface area contributed by atoms with Gasteiger partial charge in [-0.15, -0.1) is 0 Å². The van der Waals surface area contributed by atoms with Crippen LogP contribution in [0.3, 0.4) is 0 Å². The number of aromatic nitrogens is 3. The fourth-order valence-corrected chi connectivity index (χ4v) is 2.57. The zero-order valence-corrected chi connectivity index (χ0v) is 14.3. The number of anilines is 1. The molecule has 0 aliphatic rings. The van der Waals surface area contributed by atoms with Crippen LogP contribution in [0.25, 0.3) is 22.3 Å². The van der Waals surface area contributed by atoms with Crippen molar-refractivity contribution in [3.05, 3.63) is 42.1 Å². The predicted octanol–water partition coefficient (Wildman–Crippen LogP) is 3.29. The lowest BCUT2D eigenvalue weighted by Crippen LogP contribution is -2.09. The van der Waals surface area contributed by atoms with Crippen LogP contribution in [-0.2, 0) is 9.53 Å². The second-order valence-electron chi connectivity index (χ2n) is 5.47. The van der Waals surface area contributed by atoms with Crippen molar-refractivity contribution in [2.75, 3.05) is 11.9 Å². The van der Waals surface area contributed by atoms with Crippen molar-refractivity contribution in [1.82, 2.24) is 15.0 Å². The van der Waals surface area contributed by atoms with E-state index in [0.29, 0.717) is 23.1 Å². The largest absolute Gasteiger partial charge is 0.462 e. The smallest absolute Gasteiger partial charge is 0.340 e. The molecular weight excluding hydrogens is 339 g/mol. The van der Waals surface area contributed by atoms with E-state index in [0.717, 1.165) is 0 Å². The average Bonchev–Trinajstić information content (AvgIpc) is 3.08. The van der Waals surface area contributed by atoms with Gasteiger partial charge < -0.3 is 15.0 Å². The Bertz CT molecular complexity index is 984. The van der Waals surface area contributed by atoms with E-state index in [9.17, 15) is 14.0 Å². The van der Waals surface area contributed by atoms with Gasteiger partial charge in [0.1, 0.15) is 17.8 Å². The zero-order valence-electron chi connectivity index (χ0n) is 14.3. The number of hydrogen-bond donors (Lipinski definition) is 2. The summed E-state index contributed by atoms with van der Waals surface area (Å²) in [5.41, 5.74) is 1.44. The van der Waals surface area contributed by atoms with Crippen LogP contribution >= 0.6 is 0 Å². The number of carbonyl (C=O) groups is 2. The van der Waals surface area contributed by atoms with E-state index in [1.54, 1.807) is 13.8 Å². The molecule has 0 bridgehead atoms. The first kappa shape index (κ1) is 17.5. The number of halogens is 1. The Hall–Kier alpha value is -3.29. The van der Waals surface area contributed by atoms with Crippen LogP contribution in [0, 0.1) is 5.82 Å². The Balaban J connectivity index is 2.16. The summed E-state index contributed by atoms with van der Waals surface area (Å²) in [5, 5.41) is 3.04. The third-order valence-electron chi connectivity index (χ3n) is 3.79. The van der Waals surface area contributed by atoms with E-state index in [2.05, 4.69) is 20.3 Å². The Morgan fingerprint density at radius 1 is 1.27 bits per heavy atom. The standard InChI is InChI=1S/C18H17FN4O3/c1-3-14(24)23-10-5-6-13(19)11(7-10)16-15-12(18(25)26-4-2)8-20-17(15)22-9-21-16/h5-9H,3-4H2,1-2H3,(H,23,24)(H,20,21,22). The number of rotatable bonds is 5. The molecule has 0 saturated heterocycles. The summed E-state index contributed by atoms with van der Waals surface area (Å²) >= 11 is 0. The number of carbonyl (C=O) groups excluding carboxylic acids is 2. The van der Waals surface area contributed by atoms with Gasteiger partial charge in [-0.2, -0.15) is 0 Å². The molecule has 2 heterocycles. The van der Waals surface area contributed by atoms with Crippen molar-refractivity contribution in [2.24, 2.45) is 0 Å². The van der Waals surface area contributed by atoms with E-state index >= 15 is 0 Å². The van der Waals surface area contributed by atoms with Crippen molar-refractivity contribution in [1.29, 1.82) is 0 Å². The van der Waals surface area contributed by atoms with Gasteiger partial charge in [-0.25, -0.2) is 19.2 Å². The van der Waals surface area contributed by atoms with E-state index in [-0.39, 0.29) is 29.3 Å². The molecule has 0 atom stereocenters. The van der Waals surface area contributed by atoms with Crippen LogP contribution in [0.4, 0.5) is 10.1 Å². The number of nitrogens with zero attached hydrogens (tertiary/aromatic N) is 2. The molecule has 7 nitrogen and oxygen atoms in total. The third kappa shape index (κ3) is 3.26. The van der Waals surface area contributed by atoms with Gasteiger partial charge >= 0.3 is 5.97 Å². The number of ether oxygens (including phenoxy) is 1. The average molecular weight is 356 g/mol. The highest BCUT2D eigenvalue weighted by molar-refractivity contribution is 6.08. The van der Waals surface area contributed by atoms with Gasteiger partial charge in [0.15, 0.2) is 0 Å². The molecule has 1 aromatic carbocycles. The normalized spacial score (nSPS) is 10.7. The molecule has 0 aliphatic heterocycles. The molecule has 0 unspecified atom stereocenters. The third-order valence-corrected chi connectivity index (χ3v) is 3.79. The Kier molecular flexibility index (Phi) is 4.92. The molecule has 0 aliphatic carbocycles. The molecule has 1 amide bonds. The highest BCUT2D eigenvalue weighted by Gasteiger charge is 2.21. The van der Waals surface area contributed by atoms with Gasteiger partial charge in [0.05, 0.1) is 23.3 Å².